The summed E-state index contributed by atoms with van der Waals surface area (Å²) in [6.07, 6.45) is 9.30. The van der Waals surface area contributed by atoms with Crippen molar-refractivity contribution in [2.75, 3.05) is 32.1 Å². The molecule has 3 heterocycles. The number of esters is 1. The lowest BCUT2D eigenvalue weighted by Crippen LogP contribution is -2.35. The van der Waals surface area contributed by atoms with Gasteiger partial charge in [0.2, 0.25) is 5.91 Å². The van der Waals surface area contributed by atoms with Crippen LogP contribution in [0.25, 0.3) is 6.08 Å². The van der Waals surface area contributed by atoms with E-state index in [1.807, 2.05) is 39.0 Å². The van der Waals surface area contributed by atoms with E-state index in [2.05, 4.69) is 15.3 Å². The van der Waals surface area contributed by atoms with Crippen molar-refractivity contribution in [3.63, 3.8) is 0 Å². The molecule has 2 aliphatic rings. The SMILES string of the molecule is CC(C)OC(=O)c1cc2c(cn1)C[C@@]1(C2)C(=O)Nc2ncc(/C=C/COCCCCN(C)C(=O)OC(C)(C)C)cc21. The lowest BCUT2D eigenvalue weighted by molar-refractivity contribution is -0.120. The number of amides is 2. The van der Waals surface area contributed by atoms with Crippen LogP contribution < -0.4 is 5.32 Å². The van der Waals surface area contributed by atoms with E-state index in [0.29, 0.717) is 38.4 Å². The second kappa shape index (κ2) is 12.4. The van der Waals surface area contributed by atoms with Gasteiger partial charge in [-0.15, -0.1) is 0 Å². The number of ether oxygens (including phenoxy) is 3. The van der Waals surface area contributed by atoms with Crippen molar-refractivity contribution in [1.82, 2.24) is 14.9 Å². The molecule has 0 radical (unpaired) electrons. The monoisotopic (exact) mass is 564 g/mol. The first-order valence-electron chi connectivity index (χ1n) is 14.1. The van der Waals surface area contributed by atoms with Gasteiger partial charge in [-0.3, -0.25) is 4.79 Å². The van der Waals surface area contributed by atoms with Crippen molar-refractivity contribution in [3.05, 3.63) is 58.6 Å². The van der Waals surface area contributed by atoms with E-state index >= 15 is 0 Å². The molecule has 1 N–H and O–H groups in total. The molecule has 10 heteroatoms. The standard InChI is InChI=1S/C31H40N4O6/c1-20(2)40-27(36)25-15-22-16-31(17-23(22)19-32-25)24-14-21(18-33-26(24)34-28(31)37)10-9-13-39-12-8-7-11-35(6)29(38)41-30(3,4)5/h9-10,14-15,18-20H,7-8,11-13,16-17H2,1-6H3,(H,33,34,37)/b10-9+/t31-/m1/s1. The normalized spacial score (nSPS) is 17.6. The van der Waals surface area contributed by atoms with Crippen LogP contribution >= 0.6 is 0 Å². The second-order valence-electron chi connectivity index (χ2n) is 11.9. The topological polar surface area (TPSA) is 120 Å². The van der Waals surface area contributed by atoms with E-state index < -0.39 is 17.0 Å². The van der Waals surface area contributed by atoms with Crippen LogP contribution in [0.15, 0.2) is 30.6 Å². The quantitative estimate of drug-likeness (QED) is 0.326. The van der Waals surface area contributed by atoms with Crippen molar-refractivity contribution in [1.29, 1.82) is 0 Å². The number of anilines is 1. The zero-order chi connectivity index (χ0) is 29.8. The first kappa shape index (κ1) is 30.2. The first-order chi connectivity index (χ1) is 19.4. The van der Waals surface area contributed by atoms with Crippen molar-refractivity contribution in [2.45, 2.75) is 77.4 Å². The third kappa shape index (κ3) is 7.30. The number of carbonyl (C=O) groups excluding carboxylic acids is 3. The van der Waals surface area contributed by atoms with Crippen LogP contribution in [0, 0.1) is 0 Å². The minimum atomic E-state index is -0.778. The smallest absolute Gasteiger partial charge is 0.410 e. The van der Waals surface area contributed by atoms with Crippen LogP contribution in [0.4, 0.5) is 10.6 Å². The summed E-state index contributed by atoms with van der Waals surface area (Å²) in [6.45, 7) is 10.8. The molecule has 1 aliphatic carbocycles. The first-order valence-corrected chi connectivity index (χ1v) is 14.1. The highest BCUT2D eigenvalue weighted by molar-refractivity contribution is 6.06. The van der Waals surface area contributed by atoms with E-state index in [9.17, 15) is 14.4 Å². The molecule has 1 spiro atoms. The third-order valence-electron chi connectivity index (χ3n) is 6.97. The molecule has 1 atom stereocenters. The molecule has 2 aromatic heterocycles. The van der Waals surface area contributed by atoms with Crippen molar-refractivity contribution >= 4 is 29.9 Å². The zero-order valence-electron chi connectivity index (χ0n) is 24.8. The minimum absolute atomic E-state index is 0.0933. The Morgan fingerprint density at radius 1 is 1.12 bits per heavy atom. The van der Waals surface area contributed by atoms with Crippen LogP contribution in [-0.4, -0.2) is 71.3 Å². The zero-order valence-corrected chi connectivity index (χ0v) is 24.8. The van der Waals surface area contributed by atoms with Gasteiger partial charge in [0.25, 0.3) is 0 Å². The molecular weight excluding hydrogens is 524 g/mol. The van der Waals surface area contributed by atoms with Crippen LogP contribution in [0.2, 0.25) is 0 Å². The molecule has 2 amide bonds. The van der Waals surface area contributed by atoms with Gasteiger partial charge in [-0.25, -0.2) is 19.6 Å². The summed E-state index contributed by atoms with van der Waals surface area (Å²) in [4.78, 5) is 47.9. The number of nitrogens with zero attached hydrogens (tertiary/aromatic N) is 3. The molecule has 0 unspecified atom stereocenters. The van der Waals surface area contributed by atoms with Crippen LogP contribution in [0.5, 0.6) is 0 Å². The second-order valence-corrected chi connectivity index (χ2v) is 11.9. The summed E-state index contributed by atoms with van der Waals surface area (Å²) in [6, 6.07) is 3.74. The third-order valence-corrected chi connectivity index (χ3v) is 6.97. The number of rotatable bonds is 10. The van der Waals surface area contributed by atoms with Crippen LogP contribution in [0.1, 0.15) is 80.2 Å². The summed E-state index contributed by atoms with van der Waals surface area (Å²) in [5.41, 5.74) is 2.55. The fourth-order valence-electron chi connectivity index (χ4n) is 5.00. The summed E-state index contributed by atoms with van der Waals surface area (Å²) in [5.74, 6) is 0.00806. The number of fused-ring (bicyclic) bond motifs is 3. The lowest BCUT2D eigenvalue weighted by Gasteiger charge is -2.24. The number of carbonyl (C=O) groups is 3. The molecule has 4 rings (SSSR count). The summed E-state index contributed by atoms with van der Waals surface area (Å²) < 4.78 is 16.4. The van der Waals surface area contributed by atoms with Gasteiger partial charge in [-0.05, 0) is 89.1 Å². The van der Waals surface area contributed by atoms with Gasteiger partial charge < -0.3 is 24.4 Å². The van der Waals surface area contributed by atoms with Gasteiger partial charge in [0.05, 0.1) is 18.1 Å². The molecule has 0 saturated heterocycles. The van der Waals surface area contributed by atoms with Gasteiger partial charge in [0.1, 0.15) is 17.1 Å². The van der Waals surface area contributed by atoms with Gasteiger partial charge in [0, 0.05) is 38.2 Å². The molecule has 2 aromatic rings. The fourth-order valence-corrected chi connectivity index (χ4v) is 5.00. The Balaban J connectivity index is 1.30. The summed E-state index contributed by atoms with van der Waals surface area (Å²) >= 11 is 0. The highest BCUT2D eigenvalue weighted by Gasteiger charge is 2.51. The number of pyridine rings is 2. The maximum Gasteiger partial charge on any atom is 0.410 e. The molecule has 0 fully saturated rings. The molecular formula is C31H40N4O6. The molecule has 220 valence electrons. The van der Waals surface area contributed by atoms with E-state index in [0.717, 1.165) is 35.1 Å². The average molecular weight is 565 g/mol. The van der Waals surface area contributed by atoms with Gasteiger partial charge in [0.15, 0.2) is 0 Å². The number of unbranched alkanes of at least 4 members (excludes halogenated alkanes) is 1. The Bertz CT molecular complexity index is 1330. The molecule has 0 bridgehead atoms. The number of aromatic nitrogens is 2. The van der Waals surface area contributed by atoms with Gasteiger partial charge in [-0.1, -0.05) is 12.2 Å². The van der Waals surface area contributed by atoms with Gasteiger partial charge >= 0.3 is 12.1 Å². The molecule has 0 saturated carbocycles. The van der Waals surface area contributed by atoms with Crippen molar-refractivity contribution < 1.29 is 28.6 Å². The summed E-state index contributed by atoms with van der Waals surface area (Å²) in [7, 11) is 1.73. The maximum absolute atomic E-state index is 13.2. The van der Waals surface area contributed by atoms with E-state index in [1.54, 1.807) is 44.3 Å². The van der Waals surface area contributed by atoms with E-state index in [-0.39, 0.29) is 23.8 Å². The maximum atomic E-state index is 13.2. The largest absolute Gasteiger partial charge is 0.458 e. The van der Waals surface area contributed by atoms with Gasteiger partial charge in [-0.2, -0.15) is 0 Å². The van der Waals surface area contributed by atoms with Crippen LogP contribution in [-0.2, 0) is 37.3 Å². The lowest BCUT2D eigenvalue weighted by atomic mass is 9.79. The fraction of sp³-hybridized carbons (Fsp3) is 0.516. The number of hydrogen-bond acceptors (Lipinski definition) is 8. The minimum Gasteiger partial charge on any atom is -0.458 e. The van der Waals surface area contributed by atoms with Crippen molar-refractivity contribution in [2.24, 2.45) is 0 Å². The molecule has 41 heavy (non-hydrogen) atoms. The Hall–Kier alpha value is -3.79. The predicted octanol–water partition coefficient (Wildman–Crippen LogP) is 4.71. The molecule has 1 aliphatic heterocycles. The van der Waals surface area contributed by atoms with E-state index in [1.165, 1.54) is 0 Å². The highest BCUT2D eigenvalue weighted by atomic mass is 16.6. The predicted molar refractivity (Wildman–Crippen MR) is 155 cm³/mol. The number of hydrogen-bond donors (Lipinski definition) is 1. The Morgan fingerprint density at radius 2 is 1.88 bits per heavy atom. The van der Waals surface area contributed by atoms with E-state index in [4.69, 9.17) is 14.2 Å². The number of nitrogens with one attached hydrogen (secondary N) is 1. The molecule has 0 aromatic carbocycles. The van der Waals surface area contributed by atoms with Crippen molar-refractivity contribution in [3.8, 4) is 0 Å². The Morgan fingerprint density at radius 3 is 2.61 bits per heavy atom. The summed E-state index contributed by atoms with van der Waals surface area (Å²) in [5, 5.41) is 2.93. The van der Waals surface area contributed by atoms with Crippen LogP contribution in [0.3, 0.4) is 0 Å². The highest BCUT2D eigenvalue weighted by Crippen LogP contribution is 2.46. The molecule has 10 nitrogen and oxygen atoms in total. The Labute approximate surface area is 241 Å². The average Bonchev–Trinajstić information content (AvgIpc) is 3.40. The Kier molecular flexibility index (Phi) is 9.11.